The number of rotatable bonds is 3. The van der Waals surface area contributed by atoms with E-state index in [4.69, 9.17) is 0 Å². The first kappa shape index (κ1) is 9.64. The van der Waals surface area contributed by atoms with Crippen LogP contribution < -0.4 is 0 Å². The molecule has 0 spiro atoms. The molecule has 13 heavy (non-hydrogen) atoms. The van der Waals surface area contributed by atoms with Crippen LogP contribution in [0, 0.1) is 0 Å². The maximum Gasteiger partial charge on any atom is 0.195 e. The molecule has 0 aromatic carbocycles. The third kappa shape index (κ3) is 1.83. The zero-order valence-electron chi connectivity index (χ0n) is 8.00. The summed E-state index contributed by atoms with van der Waals surface area (Å²) in [7, 11) is 0. The Morgan fingerprint density at radius 1 is 1.38 bits per heavy atom. The second-order valence-electron chi connectivity index (χ2n) is 2.85. The van der Waals surface area contributed by atoms with Crippen LogP contribution in [0.15, 0.2) is 6.20 Å². The van der Waals surface area contributed by atoms with Crippen molar-refractivity contribution in [1.82, 2.24) is 9.55 Å². The number of carbonyl (C=O) groups is 2. The fourth-order valence-electron chi connectivity index (χ4n) is 1.11. The summed E-state index contributed by atoms with van der Waals surface area (Å²) in [6.45, 7) is 5.43. The lowest BCUT2D eigenvalue weighted by molar-refractivity contribution is 0.0999. The number of aromatic nitrogens is 2. The molecule has 1 aromatic heterocycles. The Bertz CT molecular complexity index is 352. The van der Waals surface area contributed by atoms with Crippen molar-refractivity contribution in [2.45, 2.75) is 27.3 Å². The van der Waals surface area contributed by atoms with Gasteiger partial charge in [0.25, 0.3) is 0 Å². The van der Waals surface area contributed by atoms with Gasteiger partial charge < -0.3 is 4.57 Å². The topological polar surface area (TPSA) is 52.0 Å². The number of ketones is 2. The van der Waals surface area contributed by atoms with E-state index in [0.29, 0.717) is 18.1 Å². The Labute approximate surface area is 76.6 Å². The molecule has 0 aliphatic heterocycles. The number of Topliss-reactive ketones (excluding diaryl/α,β-unsaturated/α-hetero) is 2. The van der Waals surface area contributed by atoms with Gasteiger partial charge in [-0.3, -0.25) is 9.59 Å². The van der Waals surface area contributed by atoms with Crippen molar-refractivity contribution in [3.8, 4) is 0 Å². The lowest BCUT2D eigenvalue weighted by Gasteiger charge is -1.98. The van der Waals surface area contributed by atoms with Gasteiger partial charge in [0.15, 0.2) is 17.4 Å². The molecule has 0 aliphatic rings. The van der Waals surface area contributed by atoms with E-state index in [-0.39, 0.29) is 11.6 Å². The zero-order valence-corrected chi connectivity index (χ0v) is 8.00. The summed E-state index contributed by atoms with van der Waals surface area (Å²) in [5.41, 5.74) is 0.354. The molecule has 0 radical (unpaired) electrons. The van der Waals surface area contributed by atoms with Gasteiger partial charge in [-0.15, -0.1) is 0 Å². The Morgan fingerprint density at radius 2 is 2.00 bits per heavy atom. The van der Waals surface area contributed by atoms with E-state index in [1.165, 1.54) is 13.8 Å². The molecule has 0 amide bonds. The first-order chi connectivity index (χ1) is 6.06. The predicted octanol–water partition coefficient (Wildman–Crippen LogP) is 1.31. The smallest absolute Gasteiger partial charge is 0.195 e. The van der Waals surface area contributed by atoms with Crippen LogP contribution >= 0.6 is 0 Å². The average Bonchev–Trinajstić information content (AvgIpc) is 2.47. The number of carbonyl (C=O) groups excluding carboxylic acids is 2. The fraction of sp³-hybridized carbons (Fsp3) is 0.444. The standard InChI is InChI=1S/C9H12N2O2/c1-4-11-5-8(6(2)12)10-9(11)7(3)13/h5H,4H2,1-3H3. The molecule has 70 valence electrons. The largest absolute Gasteiger partial charge is 0.328 e. The molecule has 4 nitrogen and oxygen atoms in total. The summed E-state index contributed by atoms with van der Waals surface area (Å²) in [5, 5.41) is 0. The van der Waals surface area contributed by atoms with E-state index < -0.39 is 0 Å². The Morgan fingerprint density at radius 3 is 2.31 bits per heavy atom. The van der Waals surface area contributed by atoms with Gasteiger partial charge in [0, 0.05) is 26.6 Å². The molecular weight excluding hydrogens is 168 g/mol. The molecule has 0 aliphatic carbocycles. The molecule has 0 N–H and O–H groups in total. The van der Waals surface area contributed by atoms with Gasteiger partial charge in [-0.1, -0.05) is 0 Å². The molecule has 0 fully saturated rings. The number of imidazole rings is 1. The minimum absolute atomic E-state index is 0.116. The van der Waals surface area contributed by atoms with Crippen molar-refractivity contribution in [2.24, 2.45) is 0 Å². The third-order valence-corrected chi connectivity index (χ3v) is 1.79. The quantitative estimate of drug-likeness (QED) is 0.659. The van der Waals surface area contributed by atoms with Crippen molar-refractivity contribution < 1.29 is 9.59 Å². The van der Waals surface area contributed by atoms with E-state index >= 15 is 0 Å². The molecule has 0 saturated carbocycles. The fourth-order valence-corrected chi connectivity index (χ4v) is 1.11. The van der Waals surface area contributed by atoms with E-state index in [1.54, 1.807) is 10.8 Å². The Hall–Kier alpha value is -1.45. The normalized spacial score (nSPS) is 10.1. The highest BCUT2D eigenvalue weighted by atomic mass is 16.1. The third-order valence-electron chi connectivity index (χ3n) is 1.79. The minimum atomic E-state index is -0.116. The van der Waals surface area contributed by atoms with Gasteiger partial charge in [-0.05, 0) is 6.92 Å². The predicted molar refractivity (Wildman–Crippen MR) is 47.9 cm³/mol. The van der Waals surface area contributed by atoms with Crippen LogP contribution in [0.1, 0.15) is 41.9 Å². The van der Waals surface area contributed by atoms with Crippen LogP contribution in [0.2, 0.25) is 0 Å². The molecule has 1 heterocycles. The van der Waals surface area contributed by atoms with E-state index in [1.807, 2.05) is 6.92 Å². The van der Waals surface area contributed by atoms with Crippen LogP contribution in [-0.2, 0) is 6.54 Å². The average molecular weight is 180 g/mol. The Balaban J connectivity index is 3.19. The second kappa shape index (κ2) is 3.51. The van der Waals surface area contributed by atoms with Gasteiger partial charge in [0.2, 0.25) is 0 Å². The van der Waals surface area contributed by atoms with Crippen molar-refractivity contribution in [3.63, 3.8) is 0 Å². The van der Waals surface area contributed by atoms with Crippen molar-refractivity contribution >= 4 is 11.6 Å². The maximum absolute atomic E-state index is 11.1. The monoisotopic (exact) mass is 180 g/mol. The van der Waals surface area contributed by atoms with Crippen molar-refractivity contribution in [2.75, 3.05) is 0 Å². The van der Waals surface area contributed by atoms with E-state index in [0.717, 1.165) is 0 Å². The van der Waals surface area contributed by atoms with Crippen LogP contribution in [0.5, 0.6) is 0 Å². The van der Waals surface area contributed by atoms with Gasteiger partial charge >= 0.3 is 0 Å². The summed E-state index contributed by atoms with van der Waals surface area (Å²) in [6.07, 6.45) is 1.61. The van der Waals surface area contributed by atoms with Crippen LogP contribution in [0.25, 0.3) is 0 Å². The van der Waals surface area contributed by atoms with Crippen LogP contribution in [0.4, 0.5) is 0 Å². The SMILES string of the molecule is CCn1cc(C(C)=O)nc1C(C)=O. The highest BCUT2D eigenvalue weighted by Gasteiger charge is 2.12. The molecule has 4 heteroatoms. The highest BCUT2D eigenvalue weighted by molar-refractivity contribution is 5.95. The molecule has 0 bridgehead atoms. The molecule has 0 unspecified atom stereocenters. The lowest BCUT2D eigenvalue weighted by atomic mass is 10.3. The number of nitrogens with zero attached hydrogens (tertiary/aromatic N) is 2. The van der Waals surface area contributed by atoms with Gasteiger partial charge in [-0.2, -0.15) is 0 Å². The molecule has 0 saturated heterocycles. The summed E-state index contributed by atoms with van der Waals surface area (Å²) < 4.78 is 1.68. The van der Waals surface area contributed by atoms with Crippen molar-refractivity contribution in [3.05, 3.63) is 17.7 Å². The number of aryl methyl sites for hydroxylation is 1. The van der Waals surface area contributed by atoms with Gasteiger partial charge in [0.05, 0.1) is 0 Å². The number of hydrogen-bond acceptors (Lipinski definition) is 3. The summed E-state index contributed by atoms with van der Waals surface area (Å²) in [4.78, 5) is 26.0. The Kier molecular flexibility index (Phi) is 2.60. The van der Waals surface area contributed by atoms with Crippen molar-refractivity contribution in [1.29, 1.82) is 0 Å². The van der Waals surface area contributed by atoms with E-state index in [2.05, 4.69) is 4.98 Å². The number of hydrogen-bond donors (Lipinski definition) is 0. The van der Waals surface area contributed by atoms with Crippen LogP contribution in [0.3, 0.4) is 0 Å². The molecule has 1 aromatic rings. The zero-order chi connectivity index (χ0) is 10.0. The first-order valence-electron chi connectivity index (χ1n) is 4.15. The van der Waals surface area contributed by atoms with Crippen LogP contribution in [-0.4, -0.2) is 21.1 Å². The maximum atomic E-state index is 11.1. The summed E-state index contributed by atoms with van der Waals surface area (Å²) in [5.74, 6) is 0.122. The summed E-state index contributed by atoms with van der Waals surface area (Å²) >= 11 is 0. The lowest BCUT2D eigenvalue weighted by Crippen LogP contribution is -2.05. The highest BCUT2D eigenvalue weighted by Crippen LogP contribution is 2.04. The van der Waals surface area contributed by atoms with E-state index in [9.17, 15) is 9.59 Å². The molecular formula is C9H12N2O2. The molecule has 0 atom stereocenters. The summed E-state index contributed by atoms with van der Waals surface area (Å²) in [6, 6.07) is 0. The first-order valence-corrected chi connectivity index (χ1v) is 4.15. The minimum Gasteiger partial charge on any atom is -0.328 e. The molecule has 1 rings (SSSR count). The second-order valence-corrected chi connectivity index (χ2v) is 2.85. The van der Waals surface area contributed by atoms with Gasteiger partial charge in [0.1, 0.15) is 5.69 Å². The van der Waals surface area contributed by atoms with Gasteiger partial charge in [-0.25, -0.2) is 4.98 Å².